The number of fused-ring (bicyclic) bond motifs is 1. The van der Waals surface area contributed by atoms with Crippen LogP contribution in [-0.4, -0.2) is 34.9 Å². The third-order valence-corrected chi connectivity index (χ3v) is 8.15. The molecule has 6 aromatic rings. The highest BCUT2D eigenvalue weighted by Gasteiger charge is 2.28. The highest BCUT2D eigenvalue weighted by Crippen LogP contribution is 2.35. The van der Waals surface area contributed by atoms with Crippen molar-refractivity contribution in [2.45, 2.75) is 38.6 Å². The van der Waals surface area contributed by atoms with Gasteiger partial charge in [0.05, 0.1) is 28.9 Å². The Morgan fingerprint density at radius 2 is 1.86 bits per heavy atom. The fraction of sp³-hybridized carbons (Fsp3) is 0.206. The lowest BCUT2D eigenvalue weighted by molar-refractivity contribution is 0.0941. The second-order valence-electron chi connectivity index (χ2n) is 11.1. The van der Waals surface area contributed by atoms with E-state index in [1.165, 1.54) is 4.52 Å². The molecule has 0 saturated carbocycles. The molecule has 7 rings (SSSR count). The molecule has 4 aromatic heterocycles. The molecule has 10 nitrogen and oxygen atoms in total. The van der Waals surface area contributed by atoms with Crippen LogP contribution in [0.4, 0.5) is 5.82 Å². The number of nitrogens with one attached hydrogen (secondary N) is 1. The predicted octanol–water partition coefficient (Wildman–Crippen LogP) is 4.12. The minimum Gasteiger partial charge on any atom is -0.381 e. The van der Waals surface area contributed by atoms with Gasteiger partial charge in [-0.25, -0.2) is 9.50 Å². The molecule has 0 saturated heterocycles. The fourth-order valence-corrected chi connectivity index (χ4v) is 6.25. The third kappa shape index (κ3) is 4.59. The monoisotopic (exact) mass is 582 g/mol. The number of amides is 1. The van der Waals surface area contributed by atoms with E-state index in [1.807, 2.05) is 56.6 Å². The molecule has 1 atom stereocenters. The van der Waals surface area contributed by atoms with Crippen molar-refractivity contribution in [1.82, 2.24) is 34.3 Å². The number of carbonyl (C=O) groups excluding carboxylic acids is 1. The van der Waals surface area contributed by atoms with Gasteiger partial charge in [0.1, 0.15) is 5.56 Å². The SMILES string of the molecule is C[C@@H](NC(=O)c1c(N)nn2cccnc12)c1c2c3c(ccc(C#Cc4cnn(C)c4)c3c(=O)n1-c1ccccc1)CCCC2. The number of benzene rings is 2. The van der Waals surface area contributed by atoms with E-state index in [9.17, 15) is 9.59 Å². The molecule has 0 radical (unpaired) electrons. The maximum Gasteiger partial charge on any atom is 0.264 e. The minimum absolute atomic E-state index is 0.0876. The molecule has 10 heteroatoms. The van der Waals surface area contributed by atoms with Crippen LogP contribution in [0.3, 0.4) is 0 Å². The number of anilines is 1. The summed E-state index contributed by atoms with van der Waals surface area (Å²) in [6.07, 6.45) is 10.4. The van der Waals surface area contributed by atoms with Gasteiger partial charge in [-0.3, -0.25) is 18.8 Å². The van der Waals surface area contributed by atoms with Crippen molar-refractivity contribution < 1.29 is 4.79 Å². The molecule has 0 aliphatic heterocycles. The molecular formula is C34H30N8O2. The number of aromatic nitrogens is 6. The standard InChI is InChI=1S/C34H30N8O2/c1-21(38-33(43)29-31(35)39-41-18-8-17-36-32(29)41)30-26-12-7-6-9-23-15-16-24(14-13-22-19-37-40(2)20-22)28(27(23)26)34(44)42(30)25-10-4-3-5-11-25/h3-5,8,10-11,15-21H,6-7,9,12H2,1-2H3,(H2,35,39)(H,38,43)/t21-/m1/s1. The summed E-state index contributed by atoms with van der Waals surface area (Å²) in [7, 11) is 1.84. The van der Waals surface area contributed by atoms with Gasteiger partial charge in [-0.15, -0.1) is 5.10 Å². The van der Waals surface area contributed by atoms with E-state index in [2.05, 4.69) is 38.4 Å². The molecule has 1 amide bonds. The summed E-state index contributed by atoms with van der Waals surface area (Å²) in [5.41, 5.74) is 11.6. The molecule has 44 heavy (non-hydrogen) atoms. The summed E-state index contributed by atoms with van der Waals surface area (Å²) >= 11 is 0. The molecule has 218 valence electrons. The molecule has 0 unspecified atom stereocenters. The number of hydrogen-bond acceptors (Lipinski definition) is 6. The third-order valence-electron chi connectivity index (χ3n) is 8.15. The number of carbonyl (C=O) groups is 1. The lowest BCUT2D eigenvalue weighted by Gasteiger charge is -2.25. The van der Waals surface area contributed by atoms with Crippen LogP contribution in [0.5, 0.6) is 0 Å². The van der Waals surface area contributed by atoms with Crippen molar-refractivity contribution in [3.05, 3.63) is 117 Å². The van der Waals surface area contributed by atoms with Crippen LogP contribution >= 0.6 is 0 Å². The first kappa shape index (κ1) is 27.2. The molecule has 1 aliphatic carbocycles. The van der Waals surface area contributed by atoms with Gasteiger partial charge in [-0.05, 0) is 73.4 Å². The van der Waals surface area contributed by atoms with Crippen molar-refractivity contribution in [2.75, 3.05) is 5.73 Å². The normalized spacial score (nSPS) is 13.3. The van der Waals surface area contributed by atoms with Gasteiger partial charge in [-0.2, -0.15) is 5.10 Å². The van der Waals surface area contributed by atoms with E-state index in [0.717, 1.165) is 53.5 Å². The minimum atomic E-state index is -0.552. The number of para-hydroxylation sites is 1. The van der Waals surface area contributed by atoms with Crippen molar-refractivity contribution in [2.24, 2.45) is 7.05 Å². The number of nitrogens with zero attached hydrogens (tertiary/aromatic N) is 6. The smallest absolute Gasteiger partial charge is 0.264 e. The molecule has 0 bridgehead atoms. The Morgan fingerprint density at radius 1 is 1.05 bits per heavy atom. The summed E-state index contributed by atoms with van der Waals surface area (Å²) in [5, 5.41) is 13.1. The van der Waals surface area contributed by atoms with Gasteiger partial charge in [-0.1, -0.05) is 36.1 Å². The van der Waals surface area contributed by atoms with E-state index in [1.54, 1.807) is 33.9 Å². The Bertz CT molecular complexity index is 2200. The van der Waals surface area contributed by atoms with Gasteiger partial charge >= 0.3 is 0 Å². The summed E-state index contributed by atoms with van der Waals surface area (Å²) < 4.78 is 4.93. The molecule has 0 fully saturated rings. The van der Waals surface area contributed by atoms with Crippen LogP contribution in [0.2, 0.25) is 0 Å². The number of rotatable bonds is 4. The van der Waals surface area contributed by atoms with E-state index < -0.39 is 11.9 Å². The first-order chi connectivity index (χ1) is 21.4. The van der Waals surface area contributed by atoms with Crippen LogP contribution < -0.4 is 16.6 Å². The Labute approximate surface area is 253 Å². The topological polar surface area (TPSA) is 125 Å². The molecule has 0 spiro atoms. The molecule has 1 aliphatic rings. The zero-order chi connectivity index (χ0) is 30.4. The predicted molar refractivity (Wildman–Crippen MR) is 169 cm³/mol. The first-order valence-electron chi connectivity index (χ1n) is 14.6. The van der Waals surface area contributed by atoms with Gasteiger partial charge in [0.2, 0.25) is 0 Å². The molecule has 4 heterocycles. The summed E-state index contributed by atoms with van der Waals surface area (Å²) in [4.78, 5) is 32.8. The van der Waals surface area contributed by atoms with Crippen LogP contribution in [0.15, 0.2) is 78.1 Å². The lowest BCUT2D eigenvalue weighted by atomic mass is 9.92. The lowest BCUT2D eigenvalue weighted by Crippen LogP contribution is -2.34. The average Bonchev–Trinajstić information content (AvgIpc) is 3.52. The quantitative estimate of drug-likeness (QED) is 0.301. The van der Waals surface area contributed by atoms with Gasteiger partial charge < -0.3 is 11.1 Å². The Morgan fingerprint density at radius 3 is 2.66 bits per heavy atom. The van der Waals surface area contributed by atoms with Crippen molar-refractivity contribution in [3.63, 3.8) is 0 Å². The van der Waals surface area contributed by atoms with Crippen LogP contribution in [0.1, 0.15) is 64.1 Å². The highest BCUT2D eigenvalue weighted by atomic mass is 16.2. The second kappa shape index (κ2) is 10.9. The van der Waals surface area contributed by atoms with Crippen molar-refractivity contribution >= 4 is 28.1 Å². The highest BCUT2D eigenvalue weighted by molar-refractivity contribution is 6.04. The van der Waals surface area contributed by atoms with Crippen molar-refractivity contribution in [3.8, 4) is 17.5 Å². The zero-order valence-electron chi connectivity index (χ0n) is 24.4. The van der Waals surface area contributed by atoms with E-state index in [4.69, 9.17) is 5.73 Å². The van der Waals surface area contributed by atoms with Gasteiger partial charge in [0.25, 0.3) is 11.5 Å². The van der Waals surface area contributed by atoms with Gasteiger partial charge in [0.15, 0.2) is 11.5 Å². The largest absolute Gasteiger partial charge is 0.381 e. The van der Waals surface area contributed by atoms with E-state index in [0.29, 0.717) is 22.3 Å². The Hall–Kier alpha value is -5.69. The second-order valence-corrected chi connectivity index (χ2v) is 11.1. The van der Waals surface area contributed by atoms with Crippen LogP contribution in [-0.2, 0) is 19.9 Å². The number of pyridine rings is 1. The number of nitrogen functional groups attached to an aromatic ring is 1. The van der Waals surface area contributed by atoms with Crippen molar-refractivity contribution in [1.29, 1.82) is 0 Å². The first-order valence-corrected chi connectivity index (χ1v) is 14.6. The Kier molecular flexibility index (Phi) is 6.70. The molecular weight excluding hydrogens is 552 g/mol. The molecule has 3 N–H and O–H groups in total. The summed E-state index contributed by atoms with van der Waals surface area (Å²) in [6, 6.07) is 14.8. The number of hydrogen-bond donors (Lipinski definition) is 2. The fourth-order valence-electron chi connectivity index (χ4n) is 6.25. The van der Waals surface area contributed by atoms with E-state index in [-0.39, 0.29) is 16.9 Å². The van der Waals surface area contributed by atoms with Gasteiger partial charge in [0, 0.05) is 36.9 Å². The number of nitrogens with two attached hydrogens (primary N) is 1. The summed E-state index contributed by atoms with van der Waals surface area (Å²) in [6.45, 7) is 1.90. The maximum absolute atomic E-state index is 14.7. The maximum atomic E-state index is 14.7. The van der Waals surface area contributed by atoms with Crippen LogP contribution in [0.25, 0.3) is 22.1 Å². The van der Waals surface area contributed by atoms with E-state index >= 15 is 0 Å². The zero-order valence-corrected chi connectivity index (χ0v) is 24.4. The number of aryl methyl sites for hydroxylation is 3. The summed E-state index contributed by atoms with van der Waals surface area (Å²) in [5.74, 6) is 6.13. The van der Waals surface area contributed by atoms with Crippen LogP contribution in [0, 0.1) is 11.8 Å². The molecule has 2 aromatic carbocycles. The average molecular weight is 583 g/mol. The Balaban J connectivity index is 1.45.